The lowest BCUT2D eigenvalue weighted by Crippen LogP contribution is -2.60. The molecule has 6 amide bonds. The molecule has 0 saturated carbocycles. The van der Waals surface area contributed by atoms with Gasteiger partial charge >= 0.3 is 11.9 Å². The first-order chi connectivity index (χ1) is 19.1. The van der Waals surface area contributed by atoms with Gasteiger partial charge in [0.25, 0.3) is 0 Å². The first-order valence-corrected chi connectivity index (χ1v) is 13.0. The molecule has 0 aliphatic carbocycles. The molecule has 11 N–H and O–H groups in total. The van der Waals surface area contributed by atoms with Crippen LogP contribution >= 0.6 is 12.6 Å². The van der Waals surface area contributed by atoms with E-state index < -0.39 is 103 Å². The molecule has 6 atom stereocenters. The molecule has 1 saturated heterocycles. The summed E-state index contributed by atoms with van der Waals surface area (Å²) in [4.78, 5) is 97.9. The van der Waals surface area contributed by atoms with E-state index in [4.69, 9.17) is 21.7 Å². The van der Waals surface area contributed by atoms with Crippen molar-refractivity contribution in [1.82, 2.24) is 26.2 Å². The molecular weight excluding hydrogens is 570 g/mol. The van der Waals surface area contributed by atoms with Gasteiger partial charge in [0.2, 0.25) is 35.4 Å². The molecule has 19 heteroatoms. The van der Waals surface area contributed by atoms with Crippen LogP contribution < -0.4 is 32.7 Å². The predicted octanol–water partition coefficient (Wildman–Crippen LogP) is -5.38. The van der Waals surface area contributed by atoms with Gasteiger partial charge in [-0.15, -0.1) is 0 Å². The molecule has 0 radical (unpaired) electrons. The number of carbonyl (C=O) groups is 8. The van der Waals surface area contributed by atoms with E-state index in [-0.39, 0.29) is 18.7 Å². The fraction of sp³-hybridized carbons (Fsp3) is 0.636. The molecule has 0 aromatic carbocycles. The molecule has 1 heterocycles. The Morgan fingerprint density at radius 3 is 1.98 bits per heavy atom. The molecule has 0 spiro atoms. The van der Waals surface area contributed by atoms with E-state index in [1.165, 1.54) is 6.92 Å². The van der Waals surface area contributed by atoms with Gasteiger partial charge in [0.15, 0.2) is 0 Å². The number of nitrogens with two attached hydrogens (primary N) is 2. The summed E-state index contributed by atoms with van der Waals surface area (Å²) in [5, 5.41) is 36.2. The number of nitrogens with zero attached hydrogens (tertiary/aromatic N) is 1. The van der Waals surface area contributed by atoms with Crippen LogP contribution in [0.5, 0.6) is 0 Å². The third-order valence-electron chi connectivity index (χ3n) is 5.95. The van der Waals surface area contributed by atoms with E-state index in [0.717, 1.165) is 4.90 Å². The highest BCUT2D eigenvalue weighted by atomic mass is 32.1. The minimum absolute atomic E-state index is 0.0921. The number of rotatable bonds is 16. The van der Waals surface area contributed by atoms with Crippen molar-refractivity contribution >= 4 is 60.0 Å². The minimum Gasteiger partial charge on any atom is -0.481 e. The largest absolute Gasteiger partial charge is 0.481 e. The van der Waals surface area contributed by atoms with Gasteiger partial charge < -0.3 is 53.0 Å². The van der Waals surface area contributed by atoms with Gasteiger partial charge in [0, 0.05) is 12.3 Å². The first-order valence-electron chi connectivity index (χ1n) is 12.3. The maximum Gasteiger partial charge on any atom is 0.325 e. The standard InChI is InChI=1S/C22H35N7O11S/c1-9(22(39)40)25-19(36)13(8-41)28-18(35)12(7-30)27-17(34)11(6-15(24)31)26-20(37)14-3-2-4-29(14)21(38)10(23)5-16(32)33/h9-14,30,41H,2-8,23H2,1H3,(H2,24,31)(H,25,36)(H,26,37)(H,27,34)(H,28,35)(H,32,33)(H,39,40)/t9-,10-,11-,12-,13-,14-/m0/s1. The van der Waals surface area contributed by atoms with Crippen LogP contribution in [-0.2, 0) is 38.4 Å². The quantitative estimate of drug-likeness (QED) is 0.0738. The van der Waals surface area contributed by atoms with Crippen molar-refractivity contribution in [2.75, 3.05) is 18.9 Å². The van der Waals surface area contributed by atoms with Crippen molar-refractivity contribution in [2.45, 2.75) is 68.9 Å². The van der Waals surface area contributed by atoms with E-state index in [0.29, 0.717) is 6.42 Å². The van der Waals surface area contributed by atoms with Gasteiger partial charge in [-0.05, 0) is 19.8 Å². The number of amides is 6. The summed E-state index contributed by atoms with van der Waals surface area (Å²) in [6, 6.07) is -8.51. The molecule has 41 heavy (non-hydrogen) atoms. The van der Waals surface area contributed by atoms with Gasteiger partial charge in [0.05, 0.1) is 25.5 Å². The molecule has 1 rings (SSSR count). The van der Waals surface area contributed by atoms with Crippen molar-refractivity contribution < 1.29 is 53.7 Å². The van der Waals surface area contributed by atoms with Gasteiger partial charge in [-0.1, -0.05) is 0 Å². The summed E-state index contributed by atoms with van der Waals surface area (Å²) in [6.45, 7) is 0.301. The number of aliphatic hydroxyl groups is 1. The average Bonchev–Trinajstić information content (AvgIpc) is 3.38. The highest BCUT2D eigenvalue weighted by Crippen LogP contribution is 2.19. The second-order valence-electron chi connectivity index (χ2n) is 9.18. The number of hydrogen-bond acceptors (Lipinski definition) is 11. The van der Waals surface area contributed by atoms with Crippen LogP contribution in [0.2, 0.25) is 0 Å². The molecule has 1 fully saturated rings. The van der Waals surface area contributed by atoms with Gasteiger partial charge in [-0.2, -0.15) is 12.6 Å². The van der Waals surface area contributed by atoms with Crippen LogP contribution in [0.25, 0.3) is 0 Å². The first kappa shape index (κ1) is 35.1. The van der Waals surface area contributed by atoms with Gasteiger partial charge in [0.1, 0.15) is 30.2 Å². The number of carbonyl (C=O) groups excluding carboxylic acids is 6. The number of aliphatic carboxylic acids is 2. The smallest absolute Gasteiger partial charge is 0.325 e. The highest BCUT2D eigenvalue weighted by Gasteiger charge is 2.38. The zero-order valence-corrected chi connectivity index (χ0v) is 23.0. The molecule has 0 aromatic heterocycles. The molecule has 230 valence electrons. The van der Waals surface area contributed by atoms with Crippen molar-refractivity contribution in [3.63, 3.8) is 0 Å². The number of carboxylic acids is 2. The van der Waals surface area contributed by atoms with Crippen molar-refractivity contribution in [3.8, 4) is 0 Å². The summed E-state index contributed by atoms with van der Waals surface area (Å²) >= 11 is 3.94. The van der Waals surface area contributed by atoms with Crippen LogP contribution in [0.4, 0.5) is 0 Å². The van der Waals surface area contributed by atoms with E-state index in [1.807, 2.05) is 0 Å². The molecule has 18 nitrogen and oxygen atoms in total. The van der Waals surface area contributed by atoms with Crippen LogP contribution in [-0.4, -0.2) is 123 Å². The fourth-order valence-corrected chi connectivity index (χ4v) is 4.04. The van der Waals surface area contributed by atoms with Crippen LogP contribution in [0, 0.1) is 0 Å². The Morgan fingerprint density at radius 1 is 0.902 bits per heavy atom. The van der Waals surface area contributed by atoms with Crippen LogP contribution in [0.1, 0.15) is 32.6 Å². The summed E-state index contributed by atoms with van der Waals surface area (Å²) in [5.74, 6) is -8.69. The highest BCUT2D eigenvalue weighted by molar-refractivity contribution is 7.80. The fourth-order valence-electron chi connectivity index (χ4n) is 3.78. The van der Waals surface area contributed by atoms with Gasteiger partial charge in [-0.25, -0.2) is 0 Å². The van der Waals surface area contributed by atoms with Crippen LogP contribution in [0.15, 0.2) is 0 Å². The Balaban J connectivity index is 2.95. The second kappa shape index (κ2) is 16.3. The Kier molecular flexibility index (Phi) is 14.0. The molecular formula is C22H35N7O11S. The van der Waals surface area contributed by atoms with E-state index in [9.17, 15) is 43.5 Å². The maximum absolute atomic E-state index is 13.0. The topological polar surface area (TPSA) is 301 Å². The SMILES string of the molecule is C[C@H](NC(=O)[C@H](CS)NC(=O)[C@H](CO)NC(=O)[C@H](CC(N)=O)NC(=O)[C@@H]1CCCN1C(=O)[C@@H](N)CC(=O)O)C(=O)O. The second-order valence-corrected chi connectivity index (χ2v) is 9.55. The zero-order chi connectivity index (χ0) is 31.4. The lowest BCUT2D eigenvalue weighted by atomic mass is 10.1. The summed E-state index contributed by atoms with van der Waals surface area (Å²) in [5.41, 5.74) is 10.8. The summed E-state index contributed by atoms with van der Waals surface area (Å²) < 4.78 is 0. The Morgan fingerprint density at radius 2 is 1.46 bits per heavy atom. The number of thiol groups is 1. The normalized spacial score (nSPS) is 18.1. The van der Waals surface area contributed by atoms with Crippen molar-refractivity contribution in [3.05, 3.63) is 0 Å². The minimum atomic E-state index is -1.68. The number of nitrogens with one attached hydrogen (secondary N) is 4. The summed E-state index contributed by atoms with van der Waals surface area (Å²) in [7, 11) is 0. The van der Waals surface area contributed by atoms with Crippen molar-refractivity contribution in [1.29, 1.82) is 0 Å². The molecule has 0 bridgehead atoms. The number of aliphatic hydroxyl groups excluding tert-OH is 1. The predicted molar refractivity (Wildman–Crippen MR) is 141 cm³/mol. The maximum atomic E-state index is 13.0. The Labute approximate surface area is 239 Å². The molecule has 0 aromatic rings. The molecule has 1 aliphatic heterocycles. The lowest BCUT2D eigenvalue weighted by molar-refractivity contribution is -0.144. The third-order valence-corrected chi connectivity index (χ3v) is 6.31. The Hall–Kier alpha value is -3.97. The zero-order valence-electron chi connectivity index (χ0n) is 22.1. The lowest BCUT2D eigenvalue weighted by Gasteiger charge is -2.28. The number of hydrogen-bond donors (Lipinski definition) is 10. The number of likely N-dealkylation sites (tertiary alicyclic amines) is 1. The van der Waals surface area contributed by atoms with E-state index in [1.54, 1.807) is 0 Å². The molecule has 0 unspecified atom stereocenters. The number of primary amides is 1. The Bertz CT molecular complexity index is 1040. The van der Waals surface area contributed by atoms with E-state index >= 15 is 0 Å². The van der Waals surface area contributed by atoms with Crippen molar-refractivity contribution in [2.24, 2.45) is 11.5 Å². The van der Waals surface area contributed by atoms with Gasteiger partial charge in [-0.3, -0.25) is 38.4 Å². The summed E-state index contributed by atoms with van der Waals surface area (Å²) in [6.07, 6.45) is -0.883. The molecule has 1 aliphatic rings. The number of carboxylic acid groups (broad SMARTS) is 2. The third kappa shape index (κ3) is 10.8. The average molecular weight is 606 g/mol. The van der Waals surface area contributed by atoms with Crippen LogP contribution in [0.3, 0.4) is 0 Å². The monoisotopic (exact) mass is 605 g/mol. The van der Waals surface area contributed by atoms with E-state index in [2.05, 4.69) is 33.9 Å².